The lowest BCUT2D eigenvalue weighted by atomic mass is 9.89. The molecule has 0 spiro atoms. The molecule has 0 bridgehead atoms. The number of nitrogens with zero attached hydrogens (tertiary/aromatic N) is 1. The minimum absolute atomic E-state index is 0.0692. The maximum atomic E-state index is 12.3. The van der Waals surface area contributed by atoms with E-state index in [9.17, 15) is 9.59 Å². The second-order valence-corrected chi connectivity index (χ2v) is 9.37. The zero-order valence-electron chi connectivity index (χ0n) is 20.9. The third kappa shape index (κ3) is 7.37. The second kappa shape index (κ2) is 13.0. The summed E-state index contributed by atoms with van der Waals surface area (Å²) in [6.07, 6.45) is 2.39. The minimum atomic E-state index is -0.902. The Balaban J connectivity index is 1.28. The molecule has 190 valence electrons. The summed E-state index contributed by atoms with van der Waals surface area (Å²) in [5.74, 6) is 6.03. The third-order valence-corrected chi connectivity index (χ3v) is 6.80. The van der Waals surface area contributed by atoms with Crippen molar-refractivity contribution in [3.05, 3.63) is 107 Å². The van der Waals surface area contributed by atoms with Gasteiger partial charge < -0.3 is 16.2 Å². The maximum absolute atomic E-state index is 12.3. The van der Waals surface area contributed by atoms with E-state index in [-0.39, 0.29) is 6.54 Å². The zero-order valence-corrected chi connectivity index (χ0v) is 20.9. The summed E-state index contributed by atoms with van der Waals surface area (Å²) in [7, 11) is 0. The van der Waals surface area contributed by atoms with Gasteiger partial charge in [-0.2, -0.15) is 0 Å². The quantitative estimate of drug-likeness (QED) is 0.418. The predicted molar refractivity (Wildman–Crippen MR) is 145 cm³/mol. The molecule has 0 saturated carbocycles. The topological polar surface area (TPSA) is 95.7 Å². The molecule has 3 aromatic carbocycles. The lowest BCUT2D eigenvalue weighted by Crippen LogP contribution is -2.46. The number of nitrogens with one attached hydrogen (secondary N) is 1. The van der Waals surface area contributed by atoms with Crippen molar-refractivity contribution in [2.24, 2.45) is 5.73 Å². The van der Waals surface area contributed by atoms with Gasteiger partial charge in [-0.15, -0.1) is 0 Å². The van der Waals surface area contributed by atoms with Crippen LogP contribution in [0.25, 0.3) is 0 Å². The van der Waals surface area contributed by atoms with E-state index < -0.39 is 24.3 Å². The predicted octanol–water partition coefficient (Wildman–Crippen LogP) is 3.08. The SMILES string of the molecule is NC[C@H](NC(=O)c1ccc(C#Cc2ccc(CN3CCC(c4ccccc4)CC3)cc2)cc1)C(=O)CO. The Morgan fingerprint density at radius 3 is 2.08 bits per heavy atom. The first-order chi connectivity index (χ1) is 18.1. The number of likely N-dealkylation sites (tertiary alicyclic amines) is 1. The van der Waals surface area contributed by atoms with Crippen LogP contribution in [-0.4, -0.2) is 54.0 Å². The van der Waals surface area contributed by atoms with Gasteiger partial charge in [-0.3, -0.25) is 14.5 Å². The smallest absolute Gasteiger partial charge is 0.251 e. The first-order valence-electron chi connectivity index (χ1n) is 12.7. The fourth-order valence-electron chi connectivity index (χ4n) is 4.57. The summed E-state index contributed by atoms with van der Waals surface area (Å²) in [5, 5.41) is 11.5. The van der Waals surface area contributed by atoms with E-state index in [4.69, 9.17) is 10.8 Å². The van der Waals surface area contributed by atoms with Gasteiger partial charge in [0.2, 0.25) is 0 Å². The highest BCUT2D eigenvalue weighted by Crippen LogP contribution is 2.28. The number of ketones is 1. The van der Waals surface area contributed by atoms with Crippen LogP contribution in [0.15, 0.2) is 78.9 Å². The van der Waals surface area contributed by atoms with Gasteiger partial charge in [0.15, 0.2) is 5.78 Å². The molecular formula is C31H33N3O3. The summed E-state index contributed by atoms with van der Waals surface area (Å²) in [6.45, 7) is 2.44. The van der Waals surface area contributed by atoms with Crippen molar-refractivity contribution >= 4 is 11.7 Å². The first kappa shape index (κ1) is 26.3. The number of amides is 1. The van der Waals surface area contributed by atoms with Crippen LogP contribution in [0, 0.1) is 11.8 Å². The largest absolute Gasteiger partial charge is 0.388 e. The molecule has 0 unspecified atom stereocenters. The molecule has 3 aromatic rings. The average molecular weight is 496 g/mol. The Labute approximate surface area is 218 Å². The molecule has 0 radical (unpaired) electrons. The van der Waals surface area contributed by atoms with Crippen LogP contribution >= 0.6 is 0 Å². The van der Waals surface area contributed by atoms with Crippen molar-refractivity contribution < 1.29 is 14.7 Å². The zero-order chi connectivity index (χ0) is 26.0. The number of carbonyl (C=O) groups is 2. The number of piperidine rings is 1. The Hall–Kier alpha value is -3.76. The third-order valence-electron chi connectivity index (χ3n) is 6.80. The van der Waals surface area contributed by atoms with Gasteiger partial charge in [0.1, 0.15) is 12.6 Å². The van der Waals surface area contributed by atoms with Crippen LogP contribution in [0.1, 0.15) is 51.4 Å². The number of aliphatic hydroxyl groups excluding tert-OH is 1. The Kier molecular flexibility index (Phi) is 9.23. The van der Waals surface area contributed by atoms with E-state index >= 15 is 0 Å². The first-order valence-corrected chi connectivity index (χ1v) is 12.7. The normalized spacial score (nSPS) is 14.9. The van der Waals surface area contributed by atoms with Crippen LogP contribution < -0.4 is 11.1 Å². The van der Waals surface area contributed by atoms with Crippen LogP contribution in [0.3, 0.4) is 0 Å². The van der Waals surface area contributed by atoms with Gasteiger partial charge in [0, 0.05) is 29.8 Å². The van der Waals surface area contributed by atoms with Crippen molar-refractivity contribution in [1.29, 1.82) is 0 Å². The molecule has 6 heteroatoms. The average Bonchev–Trinajstić information content (AvgIpc) is 2.96. The molecule has 1 aliphatic heterocycles. The van der Waals surface area contributed by atoms with E-state index in [0.717, 1.165) is 30.8 Å². The van der Waals surface area contributed by atoms with Gasteiger partial charge in [-0.05, 0) is 79.4 Å². The molecule has 0 aliphatic carbocycles. The number of nitrogens with two attached hydrogens (primary N) is 1. The van der Waals surface area contributed by atoms with Gasteiger partial charge in [0.05, 0.1) is 0 Å². The van der Waals surface area contributed by atoms with Crippen molar-refractivity contribution in [2.75, 3.05) is 26.2 Å². The summed E-state index contributed by atoms with van der Waals surface area (Å²) in [4.78, 5) is 26.5. The highest BCUT2D eigenvalue weighted by atomic mass is 16.3. The Morgan fingerprint density at radius 2 is 1.51 bits per heavy atom. The molecule has 1 fully saturated rings. The molecule has 1 heterocycles. The van der Waals surface area contributed by atoms with Gasteiger partial charge >= 0.3 is 0 Å². The Bertz CT molecular complexity index is 1240. The Morgan fingerprint density at radius 1 is 0.919 bits per heavy atom. The van der Waals surface area contributed by atoms with Crippen LogP contribution in [0.2, 0.25) is 0 Å². The molecule has 1 atom stereocenters. The standard InChI is InChI=1S/C31H33N3O3/c32-20-29(30(36)22-35)33-31(37)28-14-12-24(13-15-28)7-6-23-8-10-25(11-9-23)21-34-18-16-27(17-19-34)26-4-2-1-3-5-26/h1-5,8-15,27,29,35H,16-22,32H2,(H,33,37)/t29-/m0/s1. The fourth-order valence-corrected chi connectivity index (χ4v) is 4.57. The van der Waals surface area contributed by atoms with E-state index in [1.165, 1.54) is 24.0 Å². The van der Waals surface area contributed by atoms with E-state index in [1.807, 2.05) is 12.1 Å². The van der Waals surface area contributed by atoms with Gasteiger partial charge in [-0.25, -0.2) is 0 Å². The number of rotatable bonds is 8. The molecule has 4 N–H and O–H groups in total. The van der Waals surface area contributed by atoms with Crippen molar-refractivity contribution in [2.45, 2.75) is 31.3 Å². The van der Waals surface area contributed by atoms with E-state index in [0.29, 0.717) is 11.5 Å². The fraction of sp³-hybridized carbons (Fsp3) is 0.290. The van der Waals surface area contributed by atoms with Crippen molar-refractivity contribution in [3.8, 4) is 11.8 Å². The highest BCUT2D eigenvalue weighted by molar-refractivity contribution is 5.98. The molecule has 4 rings (SSSR count). The molecule has 0 aromatic heterocycles. The molecule has 1 saturated heterocycles. The monoisotopic (exact) mass is 495 g/mol. The number of carbonyl (C=O) groups excluding carboxylic acids is 2. The van der Waals surface area contributed by atoms with E-state index in [2.05, 4.69) is 64.5 Å². The van der Waals surface area contributed by atoms with Gasteiger partial charge in [0.25, 0.3) is 5.91 Å². The van der Waals surface area contributed by atoms with Crippen molar-refractivity contribution in [1.82, 2.24) is 10.2 Å². The number of hydrogen-bond acceptors (Lipinski definition) is 5. The summed E-state index contributed by atoms with van der Waals surface area (Å²) >= 11 is 0. The second-order valence-electron chi connectivity index (χ2n) is 9.37. The molecular weight excluding hydrogens is 462 g/mol. The number of Topliss-reactive ketones (excluding diaryl/α,β-unsaturated/α-hetero) is 1. The van der Waals surface area contributed by atoms with Gasteiger partial charge in [-0.1, -0.05) is 54.3 Å². The number of hydrogen-bond donors (Lipinski definition) is 3. The molecule has 6 nitrogen and oxygen atoms in total. The summed E-state index contributed by atoms with van der Waals surface area (Å²) in [6, 6.07) is 25.1. The summed E-state index contributed by atoms with van der Waals surface area (Å²) in [5.41, 5.74) is 10.4. The van der Waals surface area contributed by atoms with Crippen LogP contribution in [0.4, 0.5) is 0 Å². The summed E-state index contributed by atoms with van der Waals surface area (Å²) < 4.78 is 0. The van der Waals surface area contributed by atoms with E-state index in [1.54, 1.807) is 24.3 Å². The molecule has 1 aliphatic rings. The lowest BCUT2D eigenvalue weighted by molar-refractivity contribution is -0.123. The van der Waals surface area contributed by atoms with Crippen LogP contribution in [0.5, 0.6) is 0 Å². The molecule has 37 heavy (non-hydrogen) atoms. The number of benzene rings is 3. The molecule has 1 amide bonds. The van der Waals surface area contributed by atoms with Crippen molar-refractivity contribution in [3.63, 3.8) is 0 Å². The maximum Gasteiger partial charge on any atom is 0.251 e. The lowest BCUT2D eigenvalue weighted by Gasteiger charge is -2.32. The number of aliphatic hydroxyl groups is 1. The highest BCUT2D eigenvalue weighted by Gasteiger charge is 2.20. The van der Waals surface area contributed by atoms with Crippen LogP contribution in [-0.2, 0) is 11.3 Å². The minimum Gasteiger partial charge on any atom is -0.388 e.